The first kappa shape index (κ1) is 17.0. The van der Waals surface area contributed by atoms with Gasteiger partial charge < -0.3 is 4.74 Å². The van der Waals surface area contributed by atoms with E-state index in [0.717, 1.165) is 22.6 Å². The van der Waals surface area contributed by atoms with Crippen LogP contribution in [0.2, 0.25) is 0 Å². The van der Waals surface area contributed by atoms with E-state index in [-0.39, 0.29) is 0 Å². The first-order chi connectivity index (χ1) is 13.0. The van der Waals surface area contributed by atoms with Crippen molar-refractivity contribution in [2.75, 3.05) is 7.11 Å². The van der Waals surface area contributed by atoms with E-state index < -0.39 is 5.97 Å². The maximum absolute atomic E-state index is 12.5. The summed E-state index contributed by atoms with van der Waals surface area (Å²) in [5, 5.41) is 9.70. The molecular formula is C20H19N5O2. The van der Waals surface area contributed by atoms with Gasteiger partial charge in [0.1, 0.15) is 0 Å². The molecule has 3 aromatic heterocycles. The number of aromatic nitrogens is 5. The Kier molecular flexibility index (Phi) is 3.99. The first-order valence-electron chi connectivity index (χ1n) is 8.54. The van der Waals surface area contributed by atoms with E-state index in [2.05, 4.69) is 10.2 Å². The molecule has 3 heterocycles. The van der Waals surface area contributed by atoms with E-state index in [0.29, 0.717) is 22.3 Å². The number of hydrogen-bond acceptors (Lipinski definition) is 5. The van der Waals surface area contributed by atoms with Gasteiger partial charge in [-0.2, -0.15) is 10.2 Å². The Bertz CT molecular complexity index is 1160. The van der Waals surface area contributed by atoms with Gasteiger partial charge in [0.2, 0.25) is 0 Å². The van der Waals surface area contributed by atoms with Crippen LogP contribution in [0.15, 0.2) is 42.6 Å². The number of rotatable bonds is 3. The molecule has 1 aromatic carbocycles. The highest BCUT2D eigenvalue weighted by atomic mass is 16.5. The molecule has 0 saturated heterocycles. The minimum atomic E-state index is -0.416. The molecule has 0 aliphatic carbocycles. The van der Waals surface area contributed by atoms with Crippen LogP contribution in [0.4, 0.5) is 0 Å². The molecule has 0 aliphatic rings. The molecule has 7 nitrogen and oxygen atoms in total. The number of fused-ring (bicyclic) bond motifs is 1. The summed E-state index contributed by atoms with van der Waals surface area (Å²) in [5.41, 5.74) is 5.01. The zero-order valence-electron chi connectivity index (χ0n) is 15.6. The summed E-state index contributed by atoms with van der Waals surface area (Å²) >= 11 is 0. The van der Waals surface area contributed by atoms with Crippen molar-refractivity contribution in [3.8, 4) is 16.9 Å². The molecule has 0 atom stereocenters. The van der Waals surface area contributed by atoms with E-state index in [1.54, 1.807) is 15.4 Å². The Morgan fingerprint density at radius 1 is 1.07 bits per heavy atom. The summed E-state index contributed by atoms with van der Waals surface area (Å²) in [6, 6.07) is 11.5. The van der Waals surface area contributed by atoms with Crippen molar-refractivity contribution < 1.29 is 9.53 Å². The van der Waals surface area contributed by atoms with Crippen molar-refractivity contribution >= 4 is 17.0 Å². The molecule has 0 spiro atoms. The van der Waals surface area contributed by atoms with Crippen LogP contribution in [-0.4, -0.2) is 37.6 Å². The number of esters is 1. The smallest absolute Gasteiger partial charge is 0.338 e. The second-order valence-electron chi connectivity index (χ2n) is 6.38. The number of methoxy groups -OCH3 is 1. The minimum absolute atomic E-state index is 0.416. The molecule has 0 radical (unpaired) electrons. The lowest BCUT2D eigenvalue weighted by Gasteiger charge is -2.07. The first-order valence-corrected chi connectivity index (χ1v) is 8.54. The zero-order chi connectivity index (χ0) is 19.1. The number of aryl methyl sites for hydroxylation is 3. The summed E-state index contributed by atoms with van der Waals surface area (Å²) in [6.07, 6.45) is 1.89. The lowest BCUT2D eigenvalue weighted by atomic mass is 10.1. The molecule has 0 amide bonds. The van der Waals surface area contributed by atoms with E-state index in [1.807, 2.05) is 57.4 Å². The third-order valence-corrected chi connectivity index (χ3v) is 4.51. The summed E-state index contributed by atoms with van der Waals surface area (Å²) in [7, 11) is 3.23. The van der Waals surface area contributed by atoms with Crippen LogP contribution in [0.1, 0.15) is 21.7 Å². The second-order valence-corrected chi connectivity index (χ2v) is 6.38. The van der Waals surface area contributed by atoms with Gasteiger partial charge in [0.25, 0.3) is 0 Å². The summed E-state index contributed by atoms with van der Waals surface area (Å²) in [5.74, 6) is -0.416. The van der Waals surface area contributed by atoms with E-state index in [4.69, 9.17) is 9.72 Å². The van der Waals surface area contributed by atoms with Gasteiger partial charge in [-0.3, -0.25) is 4.68 Å². The lowest BCUT2D eigenvalue weighted by Crippen LogP contribution is -2.05. The topological polar surface area (TPSA) is 74.8 Å². The number of pyridine rings is 1. The number of carbonyl (C=O) groups excluding carboxylic acids is 1. The molecule has 0 N–H and O–H groups in total. The van der Waals surface area contributed by atoms with Crippen molar-refractivity contribution in [3.63, 3.8) is 0 Å². The normalized spacial score (nSPS) is 11.1. The van der Waals surface area contributed by atoms with Crippen LogP contribution in [0.25, 0.3) is 28.0 Å². The van der Waals surface area contributed by atoms with Gasteiger partial charge in [0, 0.05) is 18.8 Å². The number of carbonyl (C=O) groups is 1. The SMILES string of the molecule is COC(=O)c1cc(-c2cn(C)nc2C)nc2c1c(C)nn2-c1ccccc1. The minimum Gasteiger partial charge on any atom is -0.465 e. The Morgan fingerprint density at radius 2 is 1.81 bits per heavy atom. The van der Waals surface area contributed by atoms with Crippen molar-refractivity contribution in [2.24, 2.45) is 7.05 Å². The largest absolute Gasteiger partial charge is 0.465 e. The zero-order valence-corrected chi connectivity index (χ0v) is 15.6. The quantitative estimate of drug-likeness (QED) is 0.524. The predicted octanol–water partition coefficient (Wildman–Crippen LogP) is 3.22. The fourth-order valence-corrected chi connectivity index (χ4v) is 3.30. The average Bonchev–Trinajstić information content (AvgIpc) is 3.20. The van der Waals surface area contributed by atoms with E-state index >= 15 is 0 Å². The van der Waals surface area contributed by atoms with Crippen molar-refractivity contribution in [3.05, 3.63) is 59.5 Å². The third-order valence-electron chi connectivity index (χ3n) is 4.51. The molecule has 0 saturated carbocycles. The molecule has 0 aliphatic heterocycles. The Morgan fingerprint density at radius 3 is 2.44 bits per heavy atom. The van der Waals surface area contributed by atoms with Gasteiger partial charge in [-0.25, -0.2) is 14.5 Å². The summed E-state index contributed by atoms with van der Waals surface area (Å²) in [6.45, 7) is 3.78. The number of hydrogen-bond donors (Lipinski definition) is 0. The van der Waals surface area contributed by atoms with Crippen LogP contribution in [0.3, 0.4) is 0 Å². The van der Waals surface area contributed by atoms with Gasteiger partial charge in [-0.1, -0.05) is 18.2 Å². The van der Waals surface area contributed by atoms with Crippen LogP contribution >= 0.6 is 0 Å². The molecule has 27 heavy (non-hydrogen) atoms. The molecule has 136 valence electrons. The molecule has 4 rings (SSSR count). The summed E-state index contributed by atoms with van der Waals surface area (Å²) in [4.78, 5) is 17.3. The Labute approximate surface area is 156 Å². The van der Waals surface area contributed by atoms with E-state index in [9.17, 15) is 4.79 Å². The van der Waals surface area contributed by atoms with Crippen LogP contribution < -0.4 is 0 Å². The predicted molar refractivity (Wildman–Crippen MR) is 102 cm³/mol. The van der Waals surface area contributed by atoms with Crippen LogP contribution in [-0.2, 0) is 11.8 Å². The molecule has 0 fully saturated rings. The number of benzene rings is 1. The molecule has 4 aromatic rings. The van der Waals surface area contributed by atoms with Crippen LogP contribution in [0.5, 0.6) is 0 Å². The van der Waals surface area contributed by atoms with Crippen molar-refractivity contribution in [1.29, 1.82) is 0 Å². The summed E-state index contributed by atoms with van der Waals surface area (Å²) < 4.78 is 8.50. The average molecular weight is 361 g/mol. The number of nitrogens with zero attached hydrogens (tertiary/aromatic N) is 5. The number of ether oxygens (including phenoxy) is 1. The van der Waals surface area contributed by atoms with Crippen molar-refractivity contribution in [2.45, 2.75) is 13.8 Å². The van der Waals surface area contributed by atoms with Gasteiger partial charge in [-0.15, -0.1) is 0 Å². The van der Waals surface area contributed by atoms with E-state index in [1.165, 1.54) is 7.11 Å². The fraction of sp³-hybridized carbons (Fsp3) is 0.200. The van der Waals surface area contributed by atoms with Gasteiger partial charge in [0.15, 0.2) is 5.65 Å². The van der Waals surface area contributed by atoms with Crippen LogP contribution in [0, 0.1) is 13.8 Å². The Balaban J connectivity index is 2.07. The highest BCUT2D eigenvalue weighted by Gasteiger charge is 2.22. The maximum Gasteiger partial charge on any atom is 0.338 e. The van der Waals surface area contributed by atoms with Gasteiger partial charge in [0.05, 0.1) is 40.8 Å². The monoisotopic (exact) mass is 361 g/mol. The molecular weight excluding hydrogens is 342 g/mol. The lowest BCUT2D eigenvalue weighted by molar-refractivity contribution is 0.0603. The highest BCUT2D eigenvalue weighted by molar-refractivity contribution is 6.05. The van der Waals surface area contributed by atoms with Gasteiger partial charge >= 0.3 is 5.97 Å². The molecule has 7 heteroatoms. The molecule has 0 unspecified atom stereocenters. The van der Waals surface area contributed by atoms with Gasteiger partial charge in [-0.05, 0) is 32.0 Å². The Hall–Kier alpha value is -3.48. The van der Waals surface area contributed by atoms with Crippen molar-refractivity contribution in [1.82, 2.24) is 24.5 Å². The second kappa shape index (κ2) is 6.35. The standard InChI is InChI=1S/C20H19N5O2/c1-12-16(11-24(3)22-12)17-10-15(20(26)27-4)18-13(2)23-25(19(18)21-17)14-8-6-5-7-9-14/h5-11H,1-4H3. The highest BCUT2D eigenvalue weighted by Crippen LogP contribution is 2.30. The third kappa shape index (κ3) is 2.77. The molecule has 0 bridgehead atoms. The number of para-hydroxylation sites is 1. The maximum atomic E-state index is 12.5. The fourth-order valence-electron chi connectivity index (χ4n) is 3.30.